The third kappa shape index (κ3) is 2.17. The van der Waals surface area contributed by atoms with Gasteiger partial charge < -0.3 is 10.2 Å². The first-order chi connectivity index (χ1) is 6.46. The van der Waals surface area contributed by atoms with Crippen LogP contribution < -0.4 is 0 Å². The summed E-state index contributed by atoms with van der Waals surface area (Å²) < 4.78 is 36.7. The first-order valence-corrected chi connectivity index (χ1v) is 3.95. The Morgan fingerprint density at radius 3 is 2.36 bits per heavy atom. The minimum absolute atomic E-state index is 0.00968. The van der Waals surface area contributed by atoms with E-state index in [2.05, 4.69) is 0 Å². The van der Waals surface area contributed by atoms with E-state index in [1.54, 1.807) is 0 Å². The van der Waals surface area contributed by atoms with Crippen molar-refractivity contribution in [1.29, 1.82) is 0 Å². The Kier molecular flexibility index (Phi) is 3.00. The molecule has 0 unspecified atom stereocenters. The quantitative estimate of drug-likeness (QED) is 0.776. The smallest absolute Gasteiger partial charge is 0.419 e. The number of halogens is 3. The summed E-state index contributed by atoms with van der Waals surface area (Å²) in [7, 11) is 0. The minimum atomic E-state index is -4.56. The fraction of sp³-hybridized carbons (Fsp3) is 0.333. The summed E-state index contributed by atoms with van der Waals surface area (Å²) in [6, 6.07) is 3.35. The molecule has 0 amide bonds. The zero-order chi connectivity index (χ0) is 10.8. The summed E-state index contributed by atoms with van der Waals surface area (Å²) in [6.45, 7) is -0.297. The summed E-state index contributed by atoms with van der Waals surface area (Å²) >= 11 is 0. The number of hydrogen-bond acceptors (Lipinski definition) is 2. The van der Waals surface area contributed by atoms with Crippen molar-refractivity contribution < 1.29 is 23.4 Å². The van der Waals surface area contributed by atoms with Crippen LogP contribution in [-0.4, -0.2) is 16.8 Å². The zero-order valence-corrected chi connectivity index (χ0v) is 7.17. The Morgan fingerprint density at radius 2 is 1.86 bits per heavy atom. The van der Waals surface area contributed by atoms with Gasteiger partial charge in [0.05, 0.1) is 5.56 Å². The molecule has 2 nitrogen and oxygen atoms in total. The molecule has 0 aliphatic rings. The van der Waals surface area contributed by atoms with E-state index in [0.717, 1.165) is 6.07 Å². The fourth-order valence-corrected chi connectivity index (χ4v) is 1.14. The third-order valence-corrected chi connectivity index (χ3v) is 1.81. The van der Waals surface area contributed by atoms with Crippen molar-refractivity contribution in [1.82, 2.24) is 0 Å². The Hall–Kier alpha value is -1.23. The number of phenols is 1. The molecule has 0 saturated carbocycles. The standard InChI is InChI=1S/C9H9F3O2/c10-9(11,12)7-3-1-2-6(4-5-13)8(7)14/h1-3,13-14H,4-5H2. The fourth-order valence-electron chi connectivity index (χ4n) is 1.14. The van der Waals surface area contributed by atoms with Crippen molar-refractivity contribution in [3.63, 3.8) is 0 Å². The highest BCUT2D eigenvalue weighted by Gasteiger charge is 2.34. The molecule has 5 heteroatoms. The molecule has 14 heavy (non-hydrogen) atoms. The molecule has 1 aromatic rings. The lowest BCUT2D eigenvalue weighted by Crippen LogP contribution is -2.06. The third-order valence-electron chi connectivity index (χ3n) is 1.81. The van der Waals surface area contributed by atoms with Gasteiger partial charge in [-0.15, -0.1) is 0 Å². The lowest BCUT2D eigenvalue weighted by Gasteiger charge is -2.11. The van der Waals surface area contributed by atoms with Gasteiger partial charge in [-0.3, -0.25) is 0 Å². The lowest BCUT2D eigenvalue weighted by molar-refractivity contribution is -0.138. The maximum absolute atomic E-state index is 12.2. The van der Waals surface area contributed by atoms with Crippen LogP contribution >= 0.6 is 0 Å². The number of para-hydroxylation sites is 1. The van der Waals surface area contributed by atoms with Gasteiger partial charge in [0.15, 0.2) is 0 Å². The van der Waals surface area contributed by atoms with Crippen LogP contribution in [0.25, 0.3) is 0 Å². The van der Waals surface area contributed by atoms with Gasteiger partial charge in [0.25, 0.3) is 0 Å². The van der Waals surface area contributed by atoms with E-state index in [0.29, 0.717) is 0 Å². The second kappa shape index (κ2) is 3.88. The van der Waals surface area contributed by atoms with Crippen molar-refractivity contribution in [3.05, 3.63) is 29.3 Å². The molecule has 78 valence electrons. The summed E-state index contributed by atoms with van der Waals surface area (Å²) in [5.41, 5.74) is -0.967. The van der Waals surface area contributed by atoms with E-state index in [1.807, 2.05) is 0 Å². The second-order valence-electron chi connectivity index (χ2n) is 2.78. The molecule has 0 fully saturated rings. The number of rotatable bonds is 2. The molecule has 0 bridgehead atoms. The molecule has 0 aromatic heterocycles. The molecule has 0 aliphatic carbocycles. The van der Waals surface area contributed by atoms with Gasteiger partial charge in [-0.2, -0.15) is 13.2 Å². The molecular formula is C9H9F3O2. The second-order valence-corrected chi connectivity index (χ2v) is 2.78. The number of hydrogen-bond donors (Lipinski definition) is 2. The predicted octanol–water partition coefficient (Wildman–Crippen LogP) is 1.95. The number of benzene rings is 1. The molecule has 1 aromatic carbocycles. The van der Waals surface area contributed by atoms with Crippen molar-refractivity contribution in [2.24, 2.45) is 0 Å². The van der Waals surface area contributed by atoms with E-state index in [1.165, 1.54) is 12.1 Å². The first kappa shape index (κ1) is 10.8. The van der Waals surface area contributed by atoms with E-state index in [-0.39, 0.29) is 18.6 Å². The number of alkyl halides is 3. The highest BCUT2D eigenvalue weighted by atomic mass is 19.4. The van der Waals surface area contributed by atoms with Crippen LogP contribution in [0.2, 0.25) is 0 Å². The molecule has 0 radical (unpaired) electrons. The molecule has 0 atom stereocenters. The van der Waals surface area contributed by atoms with Crippen LogP contribution in [0.4, 0.5) is 13.2 Å². The van der Waals surface area contributed by atoms with E-state index < -0.39 is 17.5 Å². The number of aliphatic hydroxyl groups is 1. The van der Waals surface area contributed by atoms with Gasteiger partial charge in [-0.1, -0.05) is 12.1 Å². The summed E-state index contributed by atoms with van der Waals surface area (Å²) in [6.07, 6.45) is -4.55. The van der Waals surface area contributed by atoms with Crippen LogP contribution in [-0.2, 0) is 12.6 Å². The predicted molar refractivity (Wildman–Crippen MR) is 43.9 cm³/mol. The molecule has 0 saturated heterocycles. The van der Waals surface area contributed by atoms with Crippen molar-refractivity contribution >= 4 is 0 Å². The van der Waals surface area contributed by atoms with Gasteiger partial charge in [-0.25, -0.2) is 0 Å². The molecule has 2 N–H and O–H groups in total. The first-order valence-electron chi connectivity index (χ1n) is 3.95. The topological polar surface area (TPSA) is 40.5 Å². The normalized spacial score (nSPS) is 11.7. The highest BCUT2D eigenvalue weighted by Crippen LogP contribution is 2.37. The van der Waals surface area contributed by atoms with Crippen molar-refractivity contribution in [2.45, 2.75) is 12.6 Å². The molecule has 0 spiro atoms. The highest BCUT2D eigenvalue weighted by molar-refractivity contribution is 5.42. The largest absolute Gasteiger partial charge is 0.507 e. The maximum Gasteiger partial charge on any atom is 0.419 e. The van der Waals surface area contributed by atoms with Crippen LogP contribution in [0, 0.1) is 0 Å². The van der Waals surface area contributed by atoms with Gasteiger partial charge in [0.2, 0.25) is 0 Å². The van der Waals surface area contributed by atoms with Crippen LogP contribution in [0.15, 0.2) is 18.2 Å². The van der Waals surface area contributed by atoms with E-state index >= 15 is 0 Å². The monoisotopic (exact) mass is 206 g/mol. The molecule has 0 aliphatic heterocycles. The summed E-state index contributed by atoms with van der Waals surface area (Å²) in [5, 5.41) is 17.8. The Labute approximate surface area is 78.6 Å². The van der Waals surface area contributed by atoms with E-state index in [4.69, 9.17) is 5.11 Å². The summed E-state index contributed by atoms with van der Waals surface area (Å²) in [5.74, 6) is -0.797. The van der Waals surface area contributed by atoms with E-state index in [9.17, 15) is 18.3 Å². The van der Waals surface area contributed by atoms with Gasteiger partial charge in [0.1, 0.15) is 5.75 Å². The molecular weight excluding hydrogens is 197 g/mol. The van der Waals surface area contributed by atoms with Crippen LogP contribution in [0.3, 0.4) is 0 Å². The average molecular weight is 206 g/mol. The molecule has 1 rings (SSSR count). The van der Waals surface area contributed by atoms with Crippen LogP contribution in [0.5, 0.6) is 5.75 Å². The maximum atomic E-state index is 12.2. The van der Waals surface area contributed by atoms with Gasteiger partial charge in [-0.05, 0) is 18.1 Å². The SMILES string of the molecule is OCCc1cccc(C(F)(F)F)c1O. The average Bonchev–Trinajstić information content (AvgIpc) is 2.07. The van der Waals surface area contributed by atoms with Crippen LogP contribution in [0.1, 0.15) is 11.1 Å². The Balaban J connectivity index is 3.14. The minimum Gasteiger partial charge on any atom is -0.507 e. The molecule has 0 heterocycles. The zero-order valence-electron chi connectivity index (χ0n) is 7.17. The van der Waals surface area contributed by atoms with Crippen molar-refractivity contribution in [2.75, 3.05) is 6.61 Å². The number of phenolic OH excluding ortho intramolecular Hbond substituents is 1. The Bertz CT molecular complexity index is 320. The lowest BCUT2D eigenvalue weighted by atomic mass is 10.1. The Morgan fingerprint density at radius 1 is 1.21 bits per heavy atom. The van der Waals surface area contributed by atoms with Gasteiger partial charge in [0, 0.05) is 6.61 Å². The van der Waals surface area contributed by atoms with Crippen molar-refractivity contribution in [3.8, 4) is 5.75 Å². The number of aromatic hydroxyl groups is 1. The number of aliphatic hydroxyl groups excluding tert-OH is 1. The summed E-state index contributed by atoms with van der Waals surface area (Å²) in [4.78, 5) is 0. The van der Waals surface area contributed by atoms with Gasteiger partial charge >= 0.3 is 6.18 Å².